The van der Waals surface area contributed by atoms with Crippen LogP contribution in [0.4, 0.5) is 0 Å². The summed E-state index contributed by atoms with van der Waals surface area (Å²) in [5.74, 6) is 0.147. The van der Waals surface area contributed by atoms with Crippen LogP contribution in [0.2, 0.25) is 0 Å². The van der Waals surface area contributed by atoms with Gasteiger partial charge in [0.1, 0.15) is 0 Å². The molecular weight excluding hydrogens is 458 g/mol. The number of carbonyl (C=O) groups is 1. The summed E-state index contributed by atoms with van der Waals surface area (Å²) in [5, 5.41) is 15.7. The summed E-state index contributed by atoms with van der Waals surface area (Å²) >= 11 is 1.32. The number of hydrogen-bond donors (Lipinski definition) is 1. The number of nitriles is 1. The van der Waals surface area contributed by atoms with Gasteiger partial charge in [-0.2, -0.15) is 5.26 Å². The Labute approximate surface area is 196 Å². The molecule has 2 aromatic heterocycles. The fraction of sp³-hybridized carbons (Fsp3) is 0.261. The zero-order chi connectivity index (χ0) is 23.6. The monoisotopic (exact) mass is 481 g/mol. The number of rotatable bonds is 9. The van der Waals surface area contributed by atoms with Crippen LogP contribution in [0.25, 0.3) is 21.9 Å². The summed E-state index contributed by atoms with van der Waals surface area (Å²) in [7, 11) is -3.83. The van der Waals surface area contributed by atoms with Gasteiger partial charge in [-0.15, -0.1) is 0 Å². The van der Waals surface area contributed by atoms with E-state index in [0.29, 0.717) is 35.7 Å². The Kier molecular flexibility index (Phi) is 6.56. The number of aromatic nitrogens is 3. The standard InChI is InChI=1S/C23H23N5O3S2/c1-2-11-28-21-9-8-16(33(25,30)31)13-19(21)26-23(28)32-15-22(29)18-14-27(12-5-10-24)20-7-4-3-6-17(18)20/h3-4,6-9,13-14H,2,5,11-12,15H2,1H3,(H2,25,30,31). The molecular formula is C23H23N5O3S2. The highest BCUT2D eigenvalue weighted by atomic mass is 32.2. The number of benzene rings is 2. The number of nitrogens with zero attached hydrogens (tertiary/aromatic N) is 4. The van der Waals surface area contributed by atoms with E-state index in [4.69, 9.17) is 10.4 Å². The molecule has 0 saturated carbocycles. The fourth-order valence-electron chi connectivity index (χ4n) is 3.85. The number of nitrogens with two attached hydrogens (primary N) is 1. The van der Waals surface area contributed by atoms with Crippen molar-refractivity contribution in [2.75, 3.05) is 5.75 Å². The minimum absolute atomic E-state index is 0.00829. The van der Waals surface area contributed by atoms with E-state index in [1.165, 1.54) is 23.9 Å². The highest BCUT2D eigenvalue weighted by molar-refractivity contribution is 7.99. The molecule has 0 fully saturated rings. The van der Waals surface area contributed by atoms with E-state index in [9.17, 15) is 13.2 Å². The first-order valence-corrected chi connectivity index (χ1v) is 13.0. The number of Topliss-reactive ketones (excluding diaryl/α,β-unsaturated/α-hetero) is 1. The number of thioether (sulfide) groups is 1. The second-order valence-corrected chi connectivity index (χ2v) is 10.1. The zero-order valence-electron chi connectivity index (χ0n) is 18.1. The largest absolute Gasteiger partial charge is 0.346 e. The van der Waals surface area contributed by atoms with Gasteiger partial charge in [0.25, 0.3) is 0 Å². The molecule has 4 rings (SSSR count). The van der Waals surface area contributed by atoms with Crippen molar-refractivity contribution in [3.05, 3.63) is 54.2 Å². The predicted molar refractivity (Wildman–Crippen MR) is 129 cm³/mol. The SMILES string of the molecule is CCCn1c(SCC(=O)c2cn(CCC#N)c3ccccc23)nc2cc(S(N)(=O)=O)ccc21. The Morgan fingerprint density at radius 3 is 2.70 bits per heavy atom. The molecule has 0 radical (unpaired) electrons. The summed E-state index contributed by atoms with van der Waals surface area (Å²) in [5.41, 5.74) is 2.87. The Hall–Kier alpha value is -3.13. The number of carbonyl (C=O) groups excluding carboxylic acids is 1. The second-order valence-electron chi connectivity index (χ2n) is 7.61. The number of para-hydroxylation sites is 1. The van der Waals surface area contributed by atoms with Gasteiger partial charge in [-0.25, -0.2) is 18.5 Å². The summed E-state index contributed by atoms with van der Waals surface area (Å²) in [4.78, 5) is 17.8. The summed E-state index contributed by atoms with van der Waals surface area (Å²) in [6.07, 6.45) is 3.04. The molecule has 0 saturated heterocycles. The number of hydrogen-bond acceptors (Lipinski definition) is 6. The van der Waals surface area contributed by atoms with E-state index in [0.717, 1.165) is 22.8 Å². The maximum Gasteiger partial charge on any atom is 0.238 e. The third kappa shape index (κ3) is 4.66. The van der Waals surface area contributed by atoms with E-state index >= 15 is 0 Å². The van der Waals surface area contributed by atoms with Gasteiger partial charge in [0.05, 0.1) is 34.2 Å². The van der Waals surface area contributed by atoms with Crippen molar-refractivity contribution in [3.8, 4) is 6.07 Å². The summed E-state index contributed by atoms with van der Waals surface area (Å²) < 4.78 is 27.4. The van der Waals surface area contributed by atoms with Crippen LogP contribution in [0.1, 0.15) is 30.1 Å². The number of fused-ring (bicyclic) bond motifs is 2. The molecule has 0 amide bonds. The third-order valence-electron chi connectivity index (χ3n) is 5.35. The molecule has 0 spiro atoms. The molecule has 4 aromatic rings. The smallest absolute Gasteiger partial charge is 0.238 e. The lowest BCUT2D eigenvalue weighted by Crippen LogP contribution is -2.11. The van der Waals surface area contributed by atoms with Crippen LogP contribution < -0.4 is 5.14 Å². The van der Waals surface area contributed by atoms with Gasteiger partial charge in [0, 0.05) is 35.8 Å². The molecule has 170 valence electrons. The van der Waals surface area contributed by atoms with E-state index in [1.807, 2.05) is 46.5 Å². The van der Waals surface area contributed by atoms with E-state index in [2.05, 4.69) is 11.1 Å². The molecule has 0 unspecified atom stereocenters. The number of ketones is 1. The lowest BCUT2D eigenvalue weighted by atomic mass is 10.1. The van der Waals surface area contributed by atoms with Gasteiger partial charge in [-0.05, 0) is 30.7 Å². The van der Waals surface area contributed by atoms with Crippen LogP contribution in [0.3, 0.4) is 0 Å². The van der Waals surface area contributed by atoms with Gasteiger partial charge >= 0.3 is 0 Å². The van der Waals surface area contributed by atoms with Crippen molar-refractivity contribution >= 4 is 49.5 Å². The van der Waals surface area contributed by atoms with Crippen LogP contribution in [0.5, 0.6) is 0 Å². The molecule has 2 N–H and O–H groups in total. The van der Waals surface area contributed by atoms with Crippen LogP contribution >= 0.6 is 11.8 Å². The van der Waals surface area contributed by atoms with Crippen molar-refractivity contribution in [2.24, 2.45) is 5.14 Å². The maximum atomic E-state index is 13.2. The zero-order valence-corrected chi connectivity index (χ0v) is 19.7. The minimum atomic E-state index is -3.83. The number of sulfonamides is 1. The van der Waals surface area contributed by atoms with Crippen molar-refractivity contribution in [3.63, 3.8) is 0 Å². The lowest BCUT2D eigenvalue weighted by molar-refractivity contribution is 0.102. The van der Waals surface area contributed by atoms with Crippen LogP contribution in [-0.2, 0) is 23.1 Å². The van der Waals surface area contributed by atoms with Crippen molar-refractivity contribution in [1.82, 2.24) is 14.1 Å². The Morgan fingerprint density at radius 1 is 1.18 bits per heavy atom. The van der Waals surface area contributed by atoms with Gasteiger partial charge in [0.2, 0.25) is 10.0 Å². The Balaban J connectivity index is 1.64. The quantitative estimate of drug-likeness (QED) is 0.285. The molecule has 0 aliphatic rings. The molecule has 10 heteroatoms. The summed E-state index contributed by atoms with van der Waals surface area (Å²) in [6, 6.07) is 14.4. The first kappa shape index (κ1) is 23.0. The maximum absolute atomic E-state index is 13.2. The number of aryl methyl sites for hydroxylation is 2. The van der Waals surface area contributed by atoms with Gasteiger partial charge in [-0.1, -0.05) is 36.9 Å². The van der Waals surface area contributed by atoms with E-state index < -0.39 is 10.0 Å². The molecule has 0 aliphatic heterocycles. The average Bonchev–Trinajstić information content (AvgIpc) is 3.34. The van der Waals surface area contributed by atoms with Crippen LogP contribution in [0, 0.1) is 11.3 Å². The topological polar surface area (TPSA) is 124 Å². The van der Waals surface area contributed by atoms with Crippen LogP contribution in [-0.4, -0.2) is 34.1 Å². The number of imidazole rings is 1. The lowest BCUT2D eigenvalue weighted by Gasteiger charge is -2.07. The first-order chi connectivity index (χ1) is 15.8. The van der Waals surface area contributed by atoms with Gasteiger partial charge < -0.3 is 9.13 Å². The molecule has 0 aliphatic carbocycles. The average molecular weight is 482 g/mol. The highest BCUT2D eigenvalue weighted by Crippen LogP contribution is 2.28. The fourth-order valence-corrected chi connectivity index (χ4v) is 5.30. The van der Waals surface area contributed by atoms with Crippen molar-refractivity contribution in [2.45, 2.75) is 42.9 Å². The van der Waals surface area contributed by atoms with E-state index in [-0.39, 0.29) is 16.4 Å². The highest BCUT2D eigenvalue weighted by Gasteiger charge is 2.19. The molecule has 2 heterocycles. The second kappa shape index (κ2) is 9.39. The molecule has 33 heavy (non-hydrogen) atoms. The Morgan fingerprint density at radius 2 is 1.97 bits per heavy atom. The van der Waals surface area contributed by atoms with E-state index in [1.54, 1.807) is 6.07 Å². The number of primary sulfonamides is 1. The molecule has 0 atom stereocenters. The van der Waals surface area contributed by atoms with Crippen molar-refractivity contribution < 1.29 is 13.2 Å². The van der Waals surface area contributed by atoms with Crippen LogP contribution in [0.15, 0.2) is 58.7 Å². The Bertz CT molecular complexity index is 1500. The minimum Gasteiger partial charge on any atom is -0.346 e. The third-order valence-corrected chi connectivity index (χ3v) is 7.23. The predicted octanol–water partition coefficient (Wildman–Crippen LogP) is 3.94. The normalized spacial score (nSPS) is 11.8. The van der Waals surface area contributed by atoms with Gasteiger partial charge in [-0.3, -0.25) is 4.79 Å². The van der Waals surface area contributed by atoms with Crippen molar-refractivity contribution in [1.29, 1.82) is 5.26 Å². The van der Waals surface area contributed by atoms with Gasteiger partial charge in [0.15, 0.2) is 10.9 Å². The molecule has 0 bridgehead atoms. The first-order valence-electron chi connectivity index (χ1n) is 10.5. The summed E-state index contributed by atoms with van der Waals surface area (Å²) in [6.45, 7) is 3.26. The molecule has 8 nitrogen and oxygen atoms in total. The molecule has 2 aromatic carbocycles.